The highest BCUT2D eigenvalue weighted by molar-refractivity contribution is 9.10. The van der Waals surface area contributed by atoms with Crippen molar-refractivity contribution in [2.45, 2.75) is 0 Å². The van der Waals surface area contributed by atoms with Gasteiger partial charge >= 0.3 is 0 Å². The predicted octanol–water partition coefficient (Wildman–Crippen LogP) is 5.51. The van der Waals surface area contributed by atoms with Gasteiger partial charge in [-0.15, -0.1) is 0 Å². The van der Waals surface area contributed by atoms with Crippen molar-refractivity contribution in [2.75, 3.05) is 5.32 Å². The number of pyridine rings is 1. The van der Waals surface area contributed by atoms with Crippen LogP contribution in [0.25, 0.3) is 22.4 Å². The topological polar surface area (TPSA) is 55.1 Å². The molecule has 25 heavy (non-hydrogen) atoms. The molecule has 4 nitrogen and oxygen atoms in total. The monoisotopic (exact) mass is 392 g/mol. The highest BCUT2D eigenvalue weighted by atomic mass is 79.9. The van der Waals surface area contributed by atoms with Crippen molar-refractivity contribution in [1.29, 1.82) is 0 Å². The highest BCUT2D eigenvalue weighted by Crippen LogP contribution is 2.26. The van der Waals surface area contributed by atoms with Crippen LogP contribution < -0.4 is 5.32 Å². The largest absolute Gasteiger partial charge is 0.463 e. The van der Waals surface area contributed by atoms with Gasteiger partial charge in [0.15, 0.2) is 5.76 Å². The molecule has 0 fully saturated rings. The van der Waals surface area contributed by atoms with E-state index in [4.69, 9.17) is 4.42 Å². The maximum Gasteiger partial charge on any atom is 0.256 e. The van der Waals surface area contributed by atoms with E-state index in [0.29, 0.717) is 17.0 Å². The van der Waals surface area contributed by atoms with Crippen molar-refractivity contribution in [2.24, 2.45) is 0 Å². The molecule has 0 aliphatic carbocycles. The van der Waals surface area contributed by atoms with Crippen LogP contribution in [0.1, 0.15) is 10.4 Å². The molecule has 0 unspecified atom stereocenters. The van der Waals surface area contributed by atoms with E-state index in [1.165, 1.54) is 0 Å². The fourth-order valence-electron chi connectivity index (χ4n) is 2.68. The Bertz CT molecular complexity index is 1060. The Hall–Kier alpha value is -2.92. The van der Waals surface area contributed by atoms with Crippen molar-refractivity contribution in [3.05, 3.63) is 83.0 Å². The van der Waals surface area contributed by atoms with E-state index in [0.717, 1.165) is 21.1 Å². The summed E-state index contributed by atoms with van der Waals surface area (Å²) in [4.78, 5) is 17.5. The van der Waals surface area contributed by atoms with Gasteiger partial charge in [-0.2, -0.15) is 0 Å². The molecule has 122 valence electrons. The number of carbonyl (C=O) groups is 1. The summed E-state index contributed by atoms with van der Waals surface area (Å²) in [5.74, 6) is 0.437. The van der Waals surface area contributed by atoms with Gasteiger partial charge in [0.05, 0.1) is 17.3 Å². The van der Waals surface area contributed by atoms with Gasteiger partial charge in [-0.3, -0.25) is 4.79 Å². The molecular weight excluding hydrogens is 380 g/mol. The van der Waals surface area contributed by atoms with Gasteiger partial charge in [-0.1, -0.05) is 40.2 Å². The summed E-state index contributed by atoms with van der Waals surface area (Å²) in [7, 11) is 0. The second kappa shape index (κ2) is 6.53. The third kappa shape index (κ3) is 3.19. The number of furan rings is 1. The molecule has 0 saturated carbocycles. The van der Waals surface area contributed by atoms with Crippen molar-refractivity contribution in [3.63, 3.8) is 0 Å². The van der Waals surface area contributed by atoms with Crippen LogP contribution in [0.3, 0.4) is 0 Å². The molecular formula is C20H13BrN2O2. The molecule has 5 heteroatoms. The Balaban J connectivity index is 1.80. The predicted molar refractivity (Wildman–Crippen MR) is 102 cm³/mol. The van der Waals surface area contributed by atoms with Gasteiger partial charge < -0.3 is 9.73 Å². The fraction of sp³-hybridized carbons (Fsp3) is 0. The van der Waals surface area contributed by atoms with Crippen LogP contribution in [0.2, 0.25) is 0 Å². The molecule has 2 heterocycles. The zero-order valence-electron chi connectivity index (χ0n) is 13.1. The number of nitrogens with zero attached hydrogens (tertiary/aromatic N) is 1. The third-order valence-corrected chi connectivity index (χ3v) is 4.31. The molecule has 0 atom stereocenters. The van der Waals surface area contributed by atoms with E-state index in [-0.39, 0.29) is 5.91 Å². The molecule has 0 saturated heterocycles. The van der Waals surface area contributed by atoms with Crippen LogP contribution in [0.5, 0.6) is 0 Å². The number of nitrogens with one attached hydrogen (secondary N) is 1. The lowest BCUT2D eigenvalue weighted by Gasteiger charge is -2.10. The lowest BCUT2D eigenvalue weighted by molar-refractivity contribution is 0.102. The summed E-state index contributed by atoms with van der Waals surface area (Å²) in [5.41, 5.74) is 2.65. The van der Waals surface area contributed by atoms with Crippen LogP contribution in [0.4, 0.5) is 5.69 Å². The second-order valence-corrected chi connectivity index (χ2v) is 6.43. The Kier molecular flexibility index (Phi) is 4.07. The van der Waals surface area contributed by atoms with Crippen LogP contribution in [0.15, 0.2) is 81.9 Å². The summed E-state index contributed by atoms with van der Waals surface area (Å²) >= 11 is 3.41. The first-order valence-corrected chi connectivity index (χ1v) is 8.50. The summed E-state index contributed by atoms with van der Waals surface area (Å²) in [6.07, 6.45) is 1.59. The summed E-state index contributed by atoms with van der Waals surface area (Å²) in [6, 6.07) is 20.4. The molecule has 1 amide bonds. The first kappa shape index (κ1) is 15.6. The number of aromatic nitrogens is 1. The van der Waals surface area contributed by atoms with Crippen LogP contribution in [-0.2, 0) is 0 Å². The molecule has 0 aliphatic heterocycles. The molecule has 4 aromatic rings. The van der Waals surface area contributed by atoms with Crippen LogP contribution in [0, 0.1) is 0 Å². The van der Waals surface area contributed by atoms with Crippen molar-refractivity contribution >= 4 is 38.4 Å². The minimum Gasteiger partial charge on any atom is -0.463 e. The van der Waals surface area contributed by atoms with Crippen molar-refractivity contribution < 1.29 is 9.21 Å². The number of hydrogen-bond acceptors (Lipinski definition) is 3. The fourth-order valence-corrected chi connectivity index (χ4v) is 3.08. The summed E-state index contributed by atoms with van der Waals surface area (Å²) < 4.78 is 6.34. The summed E-state index contributed by atoms with van der Waals surface area (Å²) in [6.45, 7) is 0. The van der Waals surface area contributed by atoms with Gasteiger partial charge in [0, 0.05) is 15.5 Å². The Morgan fingerprint density at radius 2 is 1.88 bits per heavy atom. The van der Waals surface area contributed by atoms with E-state index in [1.54, 1.807) is 18.4 Å². The molecule has 2 aromatic carbocycles. The first-order valence-electron chi connectivity index (χ1n) is 7.71. The number of amides is 1. The number of hydrogen-bond donors (Lipinski definition) is 1. The van der Waals surface area contributed by atoms with Crippen molar-refractivity contribution in [1.82, 2.24) is 4.98 Å². The van der Waals surface area contributed by atoms with Gasteiger partial charge in [0.2, 0.25) is 0 Å². The zero-order chi connectivity index (χ0) is 17.2. The van der Waals surface area contributed by atoms with E-state index in [1.807, 2.05) is 54.6 Å². The number of fused-ring (bicyclic) bond motifs is 1. The van der Waals surface area contributed by atoms with Gasteiger partial charge in [-0.05, 0) is 42.5 Å². The van der Waals surface area contributed by atoms with Gasteiger partial charge in [0.1, 0.15) is 5.69 Å². The number of anilines is 1. The van der Waals surface area contributed by atoms with Crippen LogP contribution in [-0.4, -0.2) is 10.9 Å². The summed E-state index contributed by atoms with van der Waals surface area (Å²) in [5, 5.41) is 3.73. The maximum atomic E-state index is 12.9. The molecule has 0 bridgehead atoms. The second-order valence-electron chi connectivity index (χ2n) is 5.51. The molecule has 0 spiro atoms. The minimum atomic E-state index is -0.190. The third-order valence-electron chi connectivity index (χ3n) is 3.82. The smallest absolute Gasteiger partial charge is 0.256 e. The average molecular weight is 393 g/mol. The van der Waals surface area contributed by atoms with Gasteiger partial charge in [0.25, 0.3) is 5.91 Å². The Morgan fingerprint density at radius 1 is 1.00 bits per heavy atom. The minimum absolute atomic E-state index is 0.190. The van der Waals surface area contributed by atoms with E-state index >= 15 is 0 Å². The number of halogens is 1. The number of benzene rings is 2. The number of para-hydroxylation sites is 1. The lowest BCUT2D eigenvalue weighted by Crippen LogP contribution is -2.13. The van der Waals surface area contributed by atoms with Crippen molar-refractivity contribution in [3.8, 4) is 11.5 Å². The van der Waals surface area contributed by atoms with E-state index in [9.17, 15) is 4.79 Å². The highest BCUT2D eigenvalue weighted by Gasteiger charge is 2.15. The quantitative estimate of drug-likeness (QED) is 0.499. The van der Waals surface area contributed by atoms with E-state index in [2.05, 4.69) is 26.2 Å². The molecule has 2 aromatic heterocycles. The molecule has 4 rings (SSSR count). The molecule has 0 aliphatic rings. The Morgan fingerprint density at radius 3 is 2.68 bits per heavy atom. The maximum absolute atomic E-state index is 12.9. The number of carbonyl (C=O) groups excluding carboxylic acids is 1. The SMILES string of the molecule is O=C(Nc1cccc(Br)c1)c1cc(-c2ccco2)nc2ccccc12. The number of rotatable bonds is 3. The standard InChI is InChI=1S/C20H13BrN2O2/c21-13-5-3-6-14(11-13)22-20(24)16-12-18(19-9-4-10-25-19)23-17-8-2-1-7-15(16)17/h1-12H,(H,22,24). The van der Waals surface area contributed by atoms with Gasteiger partial charge in [-0.25, -0.2) is 4.98 Å². The Labute approximate surface area is 152 Å². The zero-order valence-corrected chi connectivity index (χ0v) is 14.7. The lowest BCUT2D eigenvalue weighted by atomic mass is 10.1. The average Bonchev–Trinajstić information content (AvgIpc) is 3.15. The van der Waals surface area contributed by atoms with Crippen LogP contribution >= 0.6 is 15.9 Å². The molecule has 0 radical (unpaired) electrons. The first-order chi connectivity index (χ1) is 12.2. The normalized spacial score (nSPS) is 10.8. The molecule has 1 N–H and O–H groups in total. The van der Waals surface area contributed by atoms with E-state index < -0.39 is 0 Å².